The minimum Gasteiger partial charge on any atom is -0.342 e. The van der Waals surface area contributed by atoms with Gasteiger partial charge in [-0.3, -0.25) is 9.59 Å². The number of carbonyl (C=O) groups excluding carboxylic acids is 2. The fraction of sp³-hybridized carbons (Fsp3) is 0.500. The van der Waals surface area contributed by atoms with Gasteiger partial charge in [0.15, 0.2) is 0 Å². The highest BCUT2D eigenvalue weighted by Gasteiger charge is 2.50. The molecule has 0 bridgehead atoms. The van der Waals surface area contributed by atoms with Crippen molar-refractivity contribution < 1.29 is 9.59 Å². The predicted molar refractivity (Wildman–Crippen MR) is 72.4 cm³/mol. The van der Waals surface area contributed by atoms with Crippen LogP contribution in [-0.2, 0) is 16.0 Å². The van der Waals surface area contributed by atoms with Crippen molar-refractivity contribution in [3.8, 4) is 0 Å². The molecule has 1 atom stereocenters. The van der Waals surface area contributed by atoms with Crippen molar-refractivity contribution in [3.05, 3.63) is 20.8 Å². The van der Waals surface area contributed by atoms with Gasteiger partial charge in [-0.1, -0.05) is 0 Å². The average Bonchev–Trinajstić information content (AvgIpc) is 2.66. The summed E-state index contributed by atoms with van der Waals surface area (Å²) in [4.78, 5) is 24.0. The van der Waals surface area contributed by atoms with Gasteiger partial charge in [0.1, 0.15) is 11.6 Å². The second-order valence-corrected chi connectivity index (χ2v) is 7.20. The van der Waals surface area contributed by atoms with Gasteiger partial charge in [0, 0.05) is 6.42 Å². The van der Waals surface area contributed by atoms with E-state index in [1.807, 2.05) is 11.4 Å². The number of piperazine rings is 1. The molecule has 1 saturated carbocycles. The zero-order valence-corrected chi connectivity index (χ0v) is 12.1. The summed E-state index contributed by atoms with van der Waals surface area (Å²) in [7, 11) is 0. The molecule has 0 aromatic carbocycles. The molecule has 1 aromatic rings. The first kappa shape index (κ1) is 12.2. The van der Waals surface area contributed by atoms with E-state index in [0.717, 1.165) is 28.6 Å². The number of hydrogen-bond acceptors (Lipinski definition) is 3. The highest BCUT2D eigenvalue weighted by atomic mass is 79.9. The van der Waals surface area contributed by atoms with Crippen molar-refractivity contribution in [2.45, 2.75) is 37.3 Å². The van der Waals surface area contributed by atoms with E-state index in [1.165, 1.54) is 0 Å². The molecule has 2 heterocycles. The highest BCUT2D eigenvalue weighted by molar-refractivity contribution is 9.11. The topological polar surface area (TPSA) is 58.2 Å². The summed E-state index contributed by atoms with van der Waals surface area (Å²) < 4.78 is 1.04. The Morgan fingerprint density at radius 2 is 2.22 bits per heavy atom. The van der Waals surface area contributed by atoms with Gasteiger partial charge in [-0.05, 0) is 52.2 Å². The van der Waals surface area contributed by atoms with E-state index in [9.17, 15) is 9.59 Å². The molecule has 1 spiro atoms. The summed E-state index contributed by atoms with van der Waals surface area (Å²) in [6.07, 6.45) is 3.09. The maximum Gasteiger partial charge on any atom is 0.246 e. The summed E-state index contributed by atoms with van der Waals surface area (Å²) in [6, 6.07) is 1.54. The van der Waals surface area contributed by atoms with Gasteiger partial charge in [0.2, 0.25) is 11.8 Å². The summed E-state index contributed by atoms with van der Waals surface area (Å²) >= 11 is 4.98. The summed E-state index contributed by atoms with van der Waals surface area (Å²) in [6.45, 7) is 0. The number of halogens is 1. The maximum absolute atomic E-state index is 12.0. The van der Waals surface area contributed by atoms with E-state index in [0.29, 0.717) is 6.42 Å². The normalized spacial score (nSPS) is 25.5. The van der Waals surface area contributed by atoms with Crippen molar-refractivity contribution in [2.24, 2.45) is 0 Å². The number of amides is 2. The molecule has 1 aromatic heterocycles. The van der Waals surface area contributed by atoms with E-state index < -0.39 is 11.6 Å². The lowest BCUT2D eigenvalue weighted by Gasteiger charge is -2.45. The predicted octanol–water partition coefficient (Wildman–Crippen LogP) is 1.59. The monoisotopic (exact) mass is 328 g/mol. The molecule has 0 radical (unpaired) electrons. The quantitative estimate of drug-likeness (QED) is 0.866. The molecule has 1 aliphatic carbocycles. The van der Waals surface area contributed by atoms with E-state index in [1.54, 1.807) is 11.3 Å². The second kappa shape index (κ2) is 4.35. The Balaban J connectivity index is 1.71. The summed E-state index contributed by atoms with van der Waals surface area (Å²) in [5.74, 6) is -0.0794. The third kappa shape index (κ3) is 1.97. The summed E-state index contributed by atoms with van der Waals surface area (Å²) in [5.41, 5.74) is 0.472. The first-order chi connectivity index (χ1) is 8.59. The largest absolute Gasteiger partial charge is 0.342 e. The van der Waals surface area contributed by atoms with Gasteiger partial charge in [0.05, 0.1) is 3.79 Å². The van der Waals surface area contributed by atoms with Crippen LogP contribution in [0.4, 0.5) is 0 Å². The molecule has 3 rings (SSSR count). The Morgan fingerprint density at radius 1 is 1.44 bits per heavy atom. The fourth-order valence-corrected chi connectivity index (χ4v) is 3.68. The zero-order valence-electron chi connectivity index (χ0n) is 9.66. The number of carbonyl (C=O) groups is 2. The van der Waals surface area contributed by atoms with Crippen molar-refractivity contribution in [1.29, 1.82) is 0 Å². The molecule has 2 fully saturated rings. The van der Waals surface area contributed by atoms with Gasteiger partial charge >= 0.3 is 0 Å². The first-order valence-electron chi connectivity index (χ1n) is 5.95. The third-order valence-corrected chi connectivity index (χ3v) is 5.24. The van der Waals surface area contributed by atoms with Crippen LogP contribution in [0.3, 0.4) is 0 Å². The van der Waals surface area contributed by atoms with Crippen LogP contribution in [-0.4, -0.2) is 23.4 Å². The molecular formula is C12H13BrN2O2S. The number of thiophene rings is 1. The van der Waals surface area contributed by atoms with Crippen molar-refractivity contribution in [1.82, 2.24) is 10.6 Å². The van der Waals surface area contributed by atoms with Gasteiger partial charge in [-0.25, -0.2) is 0 Å². The molecule has 2 amide bonds. The lowest BCUT2D eigenvalue weighted by Crippen LogP contribution is -2.72. The molecule has 96 valence electrons. The van der Waals surface area contributed by atoms with Crippen LogP contribution in [0.1, 0.15) is 24.8 Å². The Morgan fingerprint density at radius 3 is 2.78 bits per heavy atom. The molecule has 6 heteroatoms. The van der Waals surface area contributed by atoms with Crippen LogP contribution in [0.2, 0.25) is 0 Å². The molecule has 2 aliphatic rings. The molecule has 18 heavy (non-hydrogen) atoms. The van der Waals surface area contributed by atoms with E-state index >= 15 is 0 Å². The van der Waals surface area contributed by atoms with Crippen molar-refractivity contribution >= 4 is 39.1 Å². The molecular weight excluding hydrogens is 316 g/mol. The van der Waals surface area contributed by atoms with Gasteiger partial charge < -0.3 is 10.6 Å². The number of rotatable bonds is 2. The molecule has 2 N–H and O–H groups in total. The van der Waals surface area contributed by atoms with Crippen LogP contribution in [0.25, 0.3) is 0 Å². The minimum atomic E-state index is -0.594. The third-order valence-electron chi connectivity index (χ3n) is 3.69. The zero-order chi connectivity index (χ0) is 12.8. The lowest BCUT2D eigenvalue weighted by atomic mass is 9.74. The molecule has 4 nitrogen and oxygen atoms in total. The van der Waals surface area contributed by atoms with Crippen molar-refractivity contribution in [3.63, 3.8) is 0 Å². The highest BCUT2D eigenvalue weighted by Crippen LogP contribution is 2.34. The van der Waals surface area contributed by atoms with Crippen LogP contribution in [0.5, 0.6) is 0 Å². The molecule has 1 saturated heterocycles. The minimum absolute atomic E-state index is 0.0207. The van der Waals surface area contributed by atoms with Crippen LogP contribution in [0.15, 0.2) is 15.2 Å². The Bertz CT molecular complexity index is 510. The van der Waals surface area contributed by atoms with E-state index in [4.69, 9.17) is 0 Å². The van der Waals surface area contributed by atoms with Crippen molar-refractivity contribution in [2.75, 3.05) is 0 Å². The van der Waals surface area contributed by atoms with Crippen LogP contribution < -0.4 is 10.6 Å². The standard InChI is InChI=1S/C12H13BrN2O2S/c13-9-5-7(6-18-9)4-8-10(16)15-12(2-1-3-12)11(17)14-8/h5-6,8H,1-4H2,(H,14,17)(H,15,16)/t8-/m1/s1. The Hall–Kier alpha value is -0.880. The van der Waals surface area contributed by atoms with Crippen LogP contribution >= 0.6 is 27.3 Å². The van der Waals surface area contributed by atoms with E-state index in [2.05, 4.69) is 26.6 Å². The number of nitrogens with one attached hydrogen (secondary N) is 2. The summed E-state index contributed by atoms with van der Waals surface area (Å²) in [5, 5.41) is 7.75. The Labute approximate surface area is 117 Å². The number of hydrogen-bond donors (Lipinski definition) is 2. The van der Waals surface area contributed by atoms with E-state index in [-0.39, 0.29) is 11.8 Å². The smallest absolute Gasteiger partial charge is 0.246 e. The SMILES string of the molecule is O=C1NC2(CCC2)C(=O)N[C@@H]1Cc1csc(Br)c1. The lowest BCUT2D eigenvalue weighted by molar-refractivity contribution is -0.145. The maximum atomic E-state index is 12.0. The molecule has 0 unspecified atom stereocenters. The second-order valence-electron chi connectivity index (χ2n) is 4.91. The average molecular weight is 329 g/mol. The molecule has 1 aliphatic heterocycles. The fourth-order valence-electron chi connectivity index (χ4n) is 2.46. The van der Waals surface area contributed by atoms with Gasteiger partial charge in [0.25, 0.3) is 0 Å². The first-order valence-corrected chi connectivity index (χ1v) is 7.62. The van der Waals surface area contributed by atoms with Crippen LogP contribution in [0, 0.1) is 0 Å². The Kier molecular flexibility index (Phi) is 2.94. The van der Waals surface area contributed by atoms with Gasteiger partial charge in [-0.2, -0.15) is 0 Å². The van der Waals surface area contributed by atoms with Gasteiger partial charge in [-0.15, -0.1) is 11.3 Å².